The average molecular weight is 250 g/mol. The van der Waals surface area contributed by atoms with Gasteiger partial charge in [-0.1, -0.05) is 0 Å². The molecule has 2 rings (SSSR count). The predicted octanol–water partition coefficient (Wildman–Crippen LogP) is 1.23. The predicted molar refractivity (Wildman–Crippen MR) is 71.1 cm³/mol. The van der Waals surface area contributed by atoms with Crippen molar-refractivity contribution in [2.45, 2.75) is 26.3 Å². The highest BCUT2D eigenvalue weighted by molar-refractivity contribution is 5.29. The van der Waals surface area contributed by atoms with E-state index in [1.807, 2.05) is 6.92 Å². The summed E-state index contributed by atoms with van der Waals surface area (Å²) in [6, 6.07) is 1.79. The molecule has 100 valence electrons. The molecule has 5 heteroatoms. The van der Waals surface area contributed by atoms with Gasteiger partial charge in [-0.05, 0) is 32.7 Å². The first-order valence-electron chi connectivity index (χ1n) is 6.50. The van der Waals surface area contributed by atoms with Crippen molar-refractivity contribution in [1.82, 2.24) is 14.9 Å². The van der Waals surface area contributed by atoms with Crippen LogP contribution in [0.1, 0.15) is 24.4 Å². The Hall–Kier alpha value is -1.20. The number of aromatic nitrogens is 2. The minimum Gasteiger partial charge on any atom is -0.384 e. The highest BCUT2D eigenvalue weighted by Crippen LogP contribution is 2.15. The van der Waals surface area contributed by atoms with E-state index >= 15 is 0 Å². The van der Waals surface area contributed by atoms with Gasteiger partial charge in [0, 0.05) is 24.9 Å². The average Bonchev–Trinajstić information content (AvgIpc) is 2.28. The molecule has 1 saturated heterocycles. The Balaban J connectivity index is 1.87. The molecule has 1 aromatic heterocycles. The van der Waals surface area contributed by atoms with E-state index in [4.69, 9.17) is 10.5 Å². The summed E-state index contributed by atoms with van der Waals surface area (Å²) >= 11 is 0. The van der Waals surface area contributed by atoms with E-state index in [9.17, 15) is 0 Å². The van der Waals surface area contributed by atoms with Crippen LogP contribution in [0.2, 0.25) is 0 Å². The Morgan fingerprint density at radius 3 is 3.00 bits per heavy atom. The minimum absolute atomic E-state index is 0.548. The van der Waals surface area contributed by atoms with Crippen LogP contribution >= 0.6 is 0 Å². The smallest absolute Gasteiger partial charge is 0.144 e. The van der Waals surface area contributed by atoms with Crippen LogP contribution in [0.3, 0.4) is 0 Å². The number of rotatable bonds is 4. The van der Waals surface area contributed by atoms with Gasteiger partial charge in [0.25, 0.3) is 0 Å². The highest BCUT2D eigenvalue weighted by Gasteiger charge is 2.16. The van der Waals surface area contributed by atoms with Crippen molar-refractivity contribution in [3.8, 4) is 0 Å². The van der Waals surface area contributed by atoms with Crippen molar-refractivity contribution in [2.24, 2.45) is 5.92 Å². The van der Waals surface area contributed by atoms with Gasteiger partial charge in [0.1, 0.15) is 11.6 Å². The molecule has 1 atom stereocenters. The van der Waals surface area contributed by atoms with Crippen LogP contribution < -0.4 is 5.73 Å². The Morgan fingerprint density at radius 2 is 2.33 bits per heavy atom. The first-order chi connectivity index (χ1) is 8.63. The molecule has 0 amide bonds. The number of ether oxygens (including phenoxy) is 1. The molecule has 0 aromatic carbocycles. The van der Waals surface area contributed by atoms with Crippen molar-refractivity contribution in [1.29, 1.82) is 0 Å². The molecule has 1 aliphatic rings. The number of nitrogen functional groups attached to an aromatic ring is 1. The van der Waals surface area contributed by atoms with Crippen LogP contribution in [0.4, 0.5) is 5.82 Å². The molecule has 1 fully saturated rings. The maximum Gasteiger partial charge on any atom is 0.144 e. The van der Waals surface area contributed by atoms with Gasteiger partial charge in [-0.25, -0.2) is 9.97 Å². The van der Waals surface area contributed by atoms with Gasteiger partial charge < -0.3 is 10.5 Å². The molecule has 0 radical (unpaired) electrons. The van der Waals surface area contributed by atoms with Crippen LogP contribution in [-0.4, -0.2) is 41.7 Å². The van der Waals surface area contributed by atoms with E-state index in [2.05, 4.69) is 21.9 Å². The molecule has 0 bridgehead atoms. The molecule has 0 saturated carbocycles. The molecule has 18 heavy (non-hydrogen) atoms. The van der Waals surface area contributed by atoms with E-state index < -0.39 is 0 Å². The molecule has 1 aromatic rings. The van der Waals surface area contributed by atoms with Crippen LogP contribution in [-0.2, 0) is 11.3 Å². The SMILES string of the molecule is Cc1cc(N)nc(CN(C)CC2CCCOC2)n1. The van der Waals surface area contributed by atoms with E-state index in [-0.39, 0.29) is 0 Å². The summed E-state index contributed by atoms with van der Waals surface area (Å²) in [5.41, 5.74) is 6.65. The molecule has 2 heterocycles. The maximum absolute atomic E-state index is 5.73. The van der Waals surface area contributed by atoms with Gasteiger partial charge in [0.2, 0.25) is 0 Å². The van der Waals surface area contributed by atoms with Gasteiger partial charge in [0.15, 0.2) is 0 Å². The lowest BCUT2D eigenvalue weighted by molar-refractivity contribution is 0.0408. The van der Waals surface area contributed by atoms with Crippen molar-refractivity contribution >= 4 is 5.82 Å². The van der Waals surface area contributed by atoms with Crippen molar-refractivity contribution in [3.05, 3.63) is 17.6 Å². The number of nitrogens with two attached hydrogens (primary N) is 1. The number of anilines is 1. The Kier molecular flexibility index (Phi) is 4.49. The van der Waals surface area contributed by atoms with Crippen LogP contribution in [0, 0.1) is 12.8 Å². The highest BCUT2D eigenvalue weighted by atomic mass is 16.5. The number of hydrogen-bond acceptors (Lipinski definition) is 5. The lowest BCUT2D eigenvalue weighted by Gasteiger charge is -2.26. The molecular weight excluding hydrogens is 228 g/mol. The van der Waals surface area contributed by atoms with Crippen LogP contribution in [0.25, 0.3) is 0 Å². The summed E-state index contributed by atoms with van der Waals surface area (Å²) in [6.07, 6.45) is 2.42. The second kappa shape index (κ2) is 6.11. The van der Waals surface area contributed by atoms with Crippen LogP contribution in [0.5, 0.6) is 0 Å². The monoisotopic (exact) mass is 250 g/mol. The van der Waals surface area contributed by atoms with E-state index in [1.54, 1.807) is 6.07 Å². The summed E-state index contributed by atoms with van der Waals surface area (Å²) in [5, 5.41) is 0. The lowest BCUT2D eigenvalue weighted by atomic mass is 10.0. The molecule has 5 nitrogen and oxygen atoms in total. The third-order valence-corrected chi connectivity index (χ3v) is 3.16. The van der Waals surface area contributed by atoms with Crippen LogP contribution in [0.15, 0.2) is 6.07 Å². The zero-order valence-corrected chi connectivity index (χ0v) is 11.2. The van der Waals surface area contributed by atoms with E-state index in [0.29, 0.717) is 11.7 Å². The van der Waals surface area contributed by atoms with E-state index in [0.717, 1.165) is 37.8 Å². The normalized spacial score (nSPS) is 20.3. The summed E-state index contributed by atoms with van der Waals surface area (Å²) in [6.45, 7) is 5.50. The first-order valence-corrected chi connectivity index (χ1v) is 6.50. The Bertz CT molecular complexity index is 370. The number of aryl methyl sites for hydroxylation is 1. The third-order valence-electron chi connectivity index (χ3n) is 3.16. The quantitative estimate of drug-likeness (QED) is 0.870. The number of nitrogens with zero attached hydrogens (tertiary/aromatic N) is 3. The molecule has 2 N–H and O–H groups in total. The molecular formula is C13H22N4O. The van der Waals surface area contributed by atoms with Gasteiger partial charge in [0.05, 0.1) is 13.2 Å². The van der Waals surface area contributed by atoms with Gasteiger partial charge in [-0.2, -0.15) is 0 Å². The zero-order valence-electron chi connectivity index (χ0n) is 11.2. The molecule has 0 aliphatic carbocycles. The first kappa shape index (κ1) is 13.2. The van der Waals surface area contributed by atoms with E-state index in [1.165, 1.54) is 12.8 Å². The van der Waals surface area contributed by atoms with Crippen molar-refractivity contribution in [2.75, 3.05) is 32.5 Å². The summed E-state index contributed by atoms with van der Waals surface area (Å²) in [5.74, 6) is 1.98. The fourth-order valence-corrected chi connectivity index (χ4v) is 2.43. The second-order valence-corrected chi connectivity index (χ2v) is 5.13. The fourth-order valence-electron chi connectivity index (χ4n) is 2.43. The Morgan fingerprint density at radius 1 is 1.50 bits per heavy atom. The van der Waals surface area contributed by atoms with Crippen molar-refractivity contribution in [3.63, 3.8) is 0 Å². The standard InChI is InChI=1S/C13H22N4O/c1-10-6-12(14)16-13(15-10)8-17(2)7-11-4-3-5-18-9-11/h6,11H,3-5,7-9H2,1-2H3,(H2,14,15,16). The topological polar surface area (TPSA) is 64.3 Å². The largest absolute Gasteiger partial charge is 0.384 e. The van der Waals surface area contributed by atoms with Gasteiger partial charge >= 0.3 is 0 Å². The Labute approximate surface area is 108 Å². The molecule has 1 unspecified atom stereocenters. The molecule has 1 aliphatic heterocycles. The summed E-state index contributed by atoms with van der Waals surface area (Å²) in [7, 11) is 2.09. The van der Waals surface area contributed by atoms with Gasteiger partial charge in [-0.3, -0.25) is 4.90 Å². The summed E-state index contributed by atoms with van der Waals surface area (Å²) in [4.78, 5) is 10.9. The maximum atomic E-state index is 5.73. The fraction of sp³-hybridized carbons (Fsp3) is 0.692. The second-order valence-electron chi connectivity index (χ2n) is 5.13. The zero-order chi connectivity index (χ0) is 13.0. The van der Waals surface area contributed by atoms with Crippen molar-refractivity contribution < 1.29 is 4.74 Å². The minimum atomic E-state index is 0.548. The third kappa shape index (κ3) is 3.92. The molecule has 0 spiro atoms. The summed E-state index contributed by atoms with van der Waals surface area (Å²) < 4.78 is 5.49. The number of hydrogen-bond donors (Lipinski definition) is 1. The lowest BCUT2D eigenvalue weighted by Crippen LogP contribution is -2.31. The van der Waals surface area contributed by atoms with Gasteiger partial charge in [-0.15, -0.1) is 0 Å².